The third-order valence-corrected chi connectivity index (χ3v) is 4.19. The quantitative estimate of drug-likeness (QED) is 0.939. The van der Waals surface area contributed by atoms with Gasteiger partial charge in [-0.15, -0.1) is 11.3 Å². The number of nitrogens with one attached hydrogen (secondary N) is 1. The van der Waals surface area contributed by atoms with E-state index in [9.17, 15) is 4.79 Å². The molecule has 5 heteroatoms. The van der Waals surface area contributed by atoms with Crippen LogP contribution in [0.4, 0.5) is 0 Å². The number of rotatable bonds is 4. The van der Waals surface area contributed by atoms with E-state index in [1.54, 1.807) is 7.05 Å². The van der Waals surface area contributed by atoms with Crippen LogP contribution < -0.4 is 5.32 Å². The van der Waals surface area contributed by atoms with E-state index in [2.05, 4.69) is 32.3 Å². The predicted molar refractivity (Wildman–Crippen MR) is 76.8 cm³/mol. The SMILES string of the molecule is CNC(=O)Cc1nc(Cc2ccccc2Br)cs1. The first-order valence-corrected chi connectivity index (χ1v) is 7.23. The van der Waals surface area contributed by atoms with Gasteiger partial charge < -0.3 is 5.32 Å². The van der Waals surface area contributed by atoms with Crippen LogP contribution in [0.15, 0.2) is 34.1 Å². The van der Waals surface area contributed by atoms with Crippen LogP contribution in [0.25, 0.3) is 0 Å². The van der Waals surface area contributed by atoms with E-state index >= 15 is 0 Å². The van der Waals surface area contributed by atoms with Crippen LogP contribution in [-0.4, -0.2) is 17.9 Å². The maximum Gasteiger partial charge on any atom is 0.226 e. The van der Waals surface area contributed by atoms with Gasteiger partial charge in [-0.05, 0) is 11.6 Å². The van der Waals surface area contributed by atoms with Crippen molar-refractivity contribution in [1.82, 2.24) is 10.3 Å². The van der Waals surface area contributed by atoms with E-state index in [0.717, 1.165) is 21.6 Å². The first-order valence-electron chi connectivity index (χ1n) is 5.56. The lowest BCUT2D eigenvalue weighted by molar-refractivity contribution is -0.119. The number of amides is 1. The van der Waals surface area contributed by atoms with Gasteiger partial charge in [0.15, 0.2) is 0 Å². The van der Waals surface area contributed by atoms with Gasteiger partial charge in [0.1, 0.15) is 5.01 Å². The van der Waals surface area contributed by atoms with Crippen molar-refractivity contribution in [2.75, 3.05) is 7.05 Å². The highest BCUT2D eigenvalue weighted by Gasteiger charge is 2.08. The number of halogens is 1. The summed E-state index contributed by atoms with van der Waals surface area (Å²) < 4.78 is 1.09. The van der Waals surface area contributed by atoms with Gasteiger partial charge in [-0.25, -0.2) is 4.98 Å². The molecule has 94 valence electrons. The largest absolute Gasteiger partial charge is 0.359 e. The first kappa shape index (κ1) is 13.2. The van der Waals surface area contributed by atoms with E-state index in [1.807, 2.05) is 23.6 Å². The Bertz CT molecular complexity index is 553. The van der Waals surface area contributed by atoms with Gasteiger partial charge in [0.05, 0.1) is 12.1 Å². The Hall–Kier alpha value is -1.20. The van der Waals surface area contributed by atoms with Gasteiger partial charge in [-0.1, -0.05) is 34.1 Å². The third-order valence-electron chi connectivity index (χ3n) is 2.52. The molecule has 1 heterocycles. The lowest BCUT2D eigenvalue weighted by atomic mass is 10.1. The van der Waals surface area contributed by atoms with Gasteiger partial charge in [0, 0.05) is 23.3 Å². The van der Waals surface area contributed by atoms with E-state index in [1.165, 1.54) is 16.9 Å². The highest BCUT2D eigenvalue weighted by molar-refractivity contribution is 9.10. The van der Waals surface area contributed by atoms with E-state index in [4.69, 9.17) is 0 Å². The number of benzene rings is 1. The highest BCUT2D eigenvalue weighted by Crippen LogP contribution is 2.20. The fourth-order valence-corrected chi connectivity index (χ4v) is 2.79. The zero-order chi connectivity index (χ0) is 13.0. The molecule has 0 unspecified atom stereocenters. The number of hydrogen-bond donors (Lipinski definition) is 1. The normalized spacial score (nSPS) is 10.3. The molecule has 18 heavy (non-hydrogen) atoms. The van der Waals surface area contributed by atoms with Crippen LogP contribution in [0.2, 0.25) is 0 Å². The zero-order valence-electron chi connectivity index (χ0n) is 9.94. The Kier molecular flexibility index (Phi) is 4.49. The minimum atomic E-state index is -0.00297. The molecule has 1 aromatic heterocycles. The lowest BCUT2D eigenvalue weighted by Crippen LogP contribution is -2.19. The molecule has 0 aliphatic rings. The standard InChI is InChI=1S/C13H13BrN2OS/c1-15-12(17)7-13-16-10(8-18-13)6-9-4-2-3-5-11(9)14/h2-5,8H,6-7H2,1H3,(H,15,17). The molecular weight excluding hydrogens is 312 g/mol. The van der Waals surface area contributed by atoms with Crippen molar-refractivity contribution in [3.63, 3.8) is 0 Å². The lowest BCUT2D eigenvalue weighted by Gasteiger charge is -2.01. The van der Waals surface area contributed by atoms with Crippen molar-refractivity contribution in [3.05, 3.63) is 50.4 Å². The number of hydrogen-bond acceptors (Lipinski definition) is 3. The summed E-state index contributed by atoms with van der Waals surface area (Å²) in [6.45, 7) is 0. The number of carbonyl (C=O) groups is 1. The Labute approximate surface area is 118 Å². The van der Waals surface area contributed by atoms with Crippen molar-refractivity contribution in [2.45, 2.75) is 12.8 Å². The van der Waals surface area contributed by atoms with Crippen molar-refractivity contribution >= 4 is 33.2 Å². The number of nitrogens with zero attached hydrogens (tertiary/aromatic N) is 1. The second-order valence-electron chi connectivity index (χ2n) is 3.85. The van der Waals surface area contributed by atoms with E-state index < -0.39 is 0 Å². The summed E-state index contributed by atoms with van der Waals surface area (Å²) in [5.74, 6) is -0.00297. The molecule has 0 saturated heterocycles. The average Bonchev–Trinajstić information content (AvgIpc) is 2.79. The van der Waals surface area contributed by atoms with Gasteiger partial charge in [0.25, 0.3) is 0 Å². The second-order valence-corrected chi connectivity index (χ2v) is 5.65. The molecule has 0 aliphatic carbocycles. The van der Waals surface area contributed by atoms with Crippen LogP contribution in [0, 0.1) is 0 Å². The molecule has 0 fully saturated rings. The molecule has 2 rings (SSSR count). The number of thiazole rings is 1. The maximum absolute atomic E-state index is 11.3. The molecule has 1 N–H and O–H groups in total. The van der Waals surface area contributed by atoms with Crippen molar-refractivity contribution in [3.8, 4) is 0 Å². The van der Waals surface area contributed by atoms with Crippen LogP contribution in [0.3, 0.4) is 0 Å². The molecule has 0 spiro atoms. The minimum Gasteiger partial charge on any atom is -0.359 e. The van der Waals surface area contributed by atoms with Crippen molar-refractivity contribution in [2.24, 2.45) is 0 Å². The fraction of sp³-hybridized carbons (Fsp3) is 0.231. The summed E-state index contributed by atoms with van der Waals surface area (Å²) in [7, 11) is 1.64. The molecular formula is C13H13BrN2OS. The molecule has 3 nitrogen and oxygen atoms in total. The van der Waals surface area contributed by atoms with Crippen LogP contribution in [-0.2, 0) is 17.6 Å². The number of carbonyl (C=O) groups excluding carboxylic acids is 1. The molecule has 1 aromatic carbocycles. The molecule has 0 aliphatic heterocycles. The van der Waals surface area contributed by atoms with Crippen LogP contribution in [0.5, 0.6) is 0 Å². The minimum absolute atomic E-state index is 0.00297. The summed E-state index contributed by atoms with van der Waals surface area (Å²) >= 11 is 5.05. The van der Waals surface area contributed by atoms with Crippen LogP contribution >= 0.6 is 27.3 Å². The van der Waals surface area contributed by atoms with Gasteiger partial charge in [-0.3, -0.25) is 4.79 Å². The molecule has 0 atom stereocenters. The van der Waals surface area contributed by atoms with Gasteiger partial charge in [0.2, 0.25) is 5.91 Å². The van der Waals surface area contributed by atoms with Crippen molar-refractivity contribution < 1.29 is 4.79 Å². The fourth-order valence-electron chi connectivity index (χ4n) is 1.57. The summed E-state index contributed by atoms with van der Waals surface area (Å²) in [5, 5.41) is 5.47. The first-order chi connectivity index (χ1) is 8.69. The summed E-state index contributed by atoms with van der Waals surface area (Å²) in [5.41, 5.74) is 2.21. The Balaban J connectivity index is 2.07. The van der Waals surface area contributed by atoms with Crippen molar-refractivity contribution in [1.29, 1.82) is 0 Å². The third kappa shape index (κ3) is 3.40. The molecule has 2 aromatic rings. The molecule has 0 saturated carbocycles. The summed E-state index contributed by atoms with van der Waals surface area (Å²) in [6, 6.07) is 8.10. The topological polar surface area (TPSA) is 42.0 Å². The Morgan fingerprint density at radius 3 is 2.94 bits per heavy atom. The summed E-state index contributed by atoms with van der Waals surface area (Å²) in [4.78, 5) is 15.7. The number of aromatic nitrogens is 1. The van der Waals surface area contributed by atoms with Gasteiger partial charge >= 0.3 is 0 Å². The Morgan fingerprint density at radius 1 is 1.44 bits per heavy atom. The highest BCUT2D eigenvalue weighted by atomic mass is 79.9. The molecule has 1 amide bonds. The smallest absolute Gasteiger partial charge is 0.226 e. The van der Waals surface area contributed by atoms with Crippen LogP contribution in [0.1, 0.15) is 16.3 Å². The Morgan fingerprint density at radius 2 is 2.22 bits per heavy atom. The molecule has 0 radical (unpaired) electrons. The monoisotopic (exact) mass is 324 g/mol. The van der Waals surface area contributed by atoms with E-state index in [-0.39, 0.29) is 5.91 Å². The van der Waals surface area contributed by atoms with E-state index in [0.29, 0.717) is 6.42 Å². The average molecular weight is 325 g/mol. The zero-order valence-corrected chi connectivity index (χ0v) is 12.3. The molecule has 0 bridgehead atoms. The summed E-state index contributed by atoms with van der Waals surface area (Å²) in [6.07, 6.45) is 1.14. The predicted octanol–water partition coefficient (Wildman–Crippen LogP) is 2.78. The van der Waals surface area contributed by atoms with Gasteiger partial charge in [-0.2, -0.15) is 0 Å². The second kappa shape index (κ2) is 6.11. The number of likely N-dealkylation sites (N-methyl/N-ethyl adjacent to an activating group) is 1. The maximum atomic E-state index is 11.3.